The summed E-state index contributed by atoms with van der Waals surface area (Å²) in [4.78, 5) is 25.3. The van der Waals surface area contributed by atoms with Gasteiger partial charge < -0.3 is 9.90 Å². The van der Waals surface area contributed by atoms with E-state index < -0.39 is 17.9 Å². The molecule has 1 fully saturated rings. The molecule has 4 nitrogen and oxygen atoms in total. The Bertz CT molecular complexity index is 655. The molecule has 0 aliphatic carbocycles. The first-order valence-corrected chi connectivity index (χ1v) is 8.15. The molecule has 0 N–H and O–H groups in total. The van der Waals surface area contributed by atoms with Crippen molar-refractivity contribution < 1.29 is 14.7 Å². The molecule has 0 saturated carbocycles. The Labute approximate surface area is 143 Å². The molecule has 7 heteroatoms. The van der Waals surface area contributed by atoms with Crippen molar-refractivity contribution in [2.75, 3.05) is 0 Å². The van der Waals surface area contributed by atoms with E-state index in [-0.39, 0.29) is 10.2 Å². The van der Waals surface area contributed by atoms with Crippen LogP contribution in [-0.2, 0) is 9.59 Å². The number of carboxylic acid groups (broad SMARTS) is 1. The quantitative estimate of drug-likeness (QED) is 0.613. The minimum Gasteiger partial charge on any atom is -0.548 e. The van der Waals surface area contributed by atoms with Gasteiger partial charge in [-0.3, -0.25) is 9.69 Å². The molecule has 1 amide bonds. The third kappa shape index (κ3) is 3.51. The molecule has 1 aromatic rings. The largest absolute Gasteiger partial charge is 0.548 e. The number of carbonyl (C=O) groups is 2. The fourth-order valence-corrected chi connectivity index (χ4v) is 3.56. The van der Waals surface area contributed by atoms with Gasteiger partial charge in [0.25, 0.3) is 5.91 Å². The normalized spacial score (nSPS) is 18.4. The predicted octanol–water partition coefficient (Wildman–Crippen LogP) is 2.32. The number of halogens is 1. The summed E-state index contributed by atoms with van der Waals surface area (Å²) in [5, 5.41) is 11.9. The van der Waals surface area contributed by atoms with Crippen molar-refractivity contribution in [3.63, 3.8) is 0 Å². The lowest BCUT2D eigenvalue weighted by Crippen LogP contribution is -2.52. The number of carboxylic acids is 1. The lowest BCUT2D eigenvalue weighted by atomic mass is 10.0. The van der Waals surface area contributed by atoms with Crippen LogP contribution >= 0.6 is 35.6 Å². The number of aliphatic carboxylic acids is 1. The van der Waals surface area contributed by atoms with Crippen LogP contribution in [0.1, 0.15) is 19.4 Å². The highest BCUT2D eigenvalue weighted by Gasteiger charge is 2.38. The van der Waals surface area contributed by atoms with Crippen LogP contribution in [0.25, 0.3) is 6.08 Å². The lowest BCUT2D eigenvalue weighted by molar-refractivity contribution is -0.311. The number of rotatable bonds is 4. The van der Waals surface area contributed by atoms with Crippen LogP contribution in [0.3, 0.4) is 0 Å². The number of thiocarbonyl (C=S) groups is 1. The Balaban J connectivity index is 2.32. The van der Waals surface area contributed by atoms with Crippen molar-refractivity contribution in [3.8, 4) is 0 Å². The van der Waals surface area contributed by atoms with E-state index in [0.29, 0.717) is 9.93 Å². The second kappa shape index (κ2) is 6.81. The van der Waals surface area contributed by atoms with Gasteiger partial charge in [0, 0.05) is 5.02 Å². The zero-order valence-corrected chi connectivity index (χ0v) is 14.3. The number of thioether (sulfide) groups is 1. The standard InChI is InChI=1S/C15H14ClNO3S2/c1-8(2)12(14(19)20)17-13(18)11(22-15(17)21)7-9-3-5-10(16)6-4-9/h3-8,12H,1-2H3,(H,19,20)/p-1/b11-7-/t12-/m0/s1. The number of benzene rings is 1. The number of hydrogen-bond acceptors (Lipinski definition) is 5. The van der Waals surface area contributed by atoms with E-state index in [1.165, 1.54) is 0 Å². The van der Waals surface area contributed by atoms with Crippen LogP contribution in [0.5, 0.6) is 0 Å². The molecule has 1 heterocycles. The maximum Gasteiger partial charge on any atom is 0.266 e. The Morgan fingerprint density at radius 1 is 1.36 bits per heavy atom. The monoisotopic (exact) mass is 354 g/mol. The Kier molecular flexibility index (Phi) is 5.26. The molecule has 1 aromatic carbocycles. The molecular weight excluding hydrogens is 342 g/mol. The summed E-state index contributed by atoms with van der Waals surface area (Å²) < 4.78 is 0.230. The molecule has 0 aromatic heterocycles. The van der Waals surface area contributed by atoms with Gasteiger partial charge in [0.05, 0.1) is 16.9 Å². The van der Waals surface area contributed by atoms with E-state index >= 15 is 0 Å². The van der Waals surface area contributed by atoms with Gasteiger partial charge in [0.2, 0.25) is 0 Å². The third-order valence-corrected chi connectivity index (χ3v) is 4.72. The number of carbonyl (C=O) groups excluding carboxylic acids is 2. The van der Waals surface area contributed by atoms with Crippen LogP contribution < -0.4 is 5.11 Å². The molecule has 1 saturated heterocycles. The Hall–Kier alpha value is -1.37. The summed E-state index contributed by atoms with van der Waals surface area (Å²) in [5.74, 6) is -2.02. The average Bonchev–Trinajstić information content (AvgIpc) is 2.69. The molecule has 0 spiro atoms. The molecule has 0 bridgehead atoms. The van der Waals surface area contributed by atoms with E-state index in [4.69, 9.17) is 23.8 Å². The van der Waals surface area contributed by atoms with Gasteiger partial charge in [-0.05, 0) is 29.7 Å². The van der Waals surface area contributed by atoms with E-state index in [1.807, 2.05) is 0 Å². The first-order valence-electron chi connectivity index (χ1n) is 6.54. The van der Waals surface area contributed by atoms with E-state index in [1.54, 1.807) is 44.2 Å². The predicted molar refractivity (Wildman–Crippen MR) is 90.1 cm³/mol. The van der Waals surface area contributed by atoms with E-state index in [2.05, 4.69) is 0 Å². The van der Waals surface area contributed by atoms with Crippen LogP contribution in [-0.4, -0.2) is 27.1 Å². The molecule has 1 atom stereocenters. The van der Waals surface area contributed by atoms with E-state index in [9.17, 15) is 14.7 Å². The summed E-state index contributed by atoms with van der Waals surface area (Å²) in [6.07, 6.45) is 1.67. The fourth-order valence-electron chi connectivity index (χ4n) is 2.11. The van der Waals surface area contributed by atoms with Gasteiger partial charge in [-0.15, -0.1) is 0 Å². The highest BCUT2D eigenvalue weighted by molar-refractivity contribution is 8.26. The van der Waals surface area contributed by atoms with E-state index in [0.717, 1.165) is 22.2 Å². The summed E-state index contributed by atoms with van der Waals surface area (Å²) in [6, 6.07) is 5.91. The first-order chi connectivity index (χ1) is 10.3. The summed E-state index contributed by atoms with van der Waals surface area (Å²) in [6.45, 7) is 3.42. The first kappa shape index (κ1) is 17.0. The SMILES string of the molecule is CC(C)[C@@H](C(=O)[O-])N1C(=O)/C(=C/c2ccc(Cl)cc2)SC1=S. The van der Waals surface area contributed by atoms with Crippen LogP contribution in [0.15, 0.2) is 29.2 Å². The molecule has 1 aliphatic rings. The lowest BCUT2D eigenvalue weighted by Gasteiger charge is -2.30. The molecule has 1 aliphatic heterocycles. The van der Waals surface area contributed by atoms with Crippen molar-refractivity contribution in [3.05, 3.63) is 39.8 Å². The van der Waals surface area contributed by atoms with Crippen LogP contribution in [0.4, 0.5) is 0 Å². The molecule has 0 radical (unpaired) electrons. The van der Waals surface area contributed by atoms with Crippen molar-refractivity contribution in [1.82, 2.24) is 4.90 Å². The molecule has 0 unspecified atom stereocenters. The van der Waals surface area contributed by atoms with Crippen molar-refractivity contribution in [1.29, 1.82) is 0 Å². The maximum atomic E-state index is 12.5. The van der Waals surface area contributed by atoms with Crippen molar-refractivity contribution >= 4 is 57.9 Å². The zero-order valence-electron chi connectivity index (χ0n) is 11.9. The topological polar surface area (TPSA) is 60.4 Å². The molecule has 116 valence electrons. The van der Waals surface area contributed by atoms with Gasteiger partial charge in [-0.25, -0.2) is 0 Å². The van der Waals surface area contributed by atoms with Gasteiger partial charge >= 0.3 is 0 Å². The Morgan fingerprint density at radius 2 is 1.95 bits per heavy atom. The van der Waals surface area contributed by atoms with Gasteiger partial charge in [-0.1, -0.05) is 61.6 Å². The fraction of sp³-hybridized carbons (Fsp3) is 0.267. The third-order valence-electron chi connectivity index (χ3n) is 3.14. The smallest absolute Gasteiger partial charge is 0.266 e. The minimum atomic E-state index is -1.31. The van der Waals surface area contributed by atoms with Gasteiger partial charge in [0.15, 0.2) is 0 Å². The average molecular weight is 355 g/mol. The second-order valence-corrected chi connectivity index (χ2v) is 7.22. The van der Waals surface area contributed by atoms with Gasteiger partial charge in [-0.2, -0.15) is 0 Å². The van der Waals surface area contributed by atoms with Crippen molar-refractivity contribution in [2.45, 2.75) is 19.9 Å². The minimum absolute atomic E-state index is 0.230. The van der Waals surface area contributed by atoms with Crippen LogP contribution in [0, 0.1) is 5.92 Å². The maximum absolute atomic E-state index is 12.5. The highest BCUT2D eigenvalue weighted by Crippen LogP contribution is 2.35. The molecular formula is C15H13ClNO3S2-. The van der Waals surface area contributed by atoms with Gasteiger partial charge in [0.1, 0.15) is 4.32 Å². The summed E-state index contributed by atoms with van der Waals surface area (Å²) >= 11 is 12.1. The van der Waals surface area contributed by atoms with Crippen LogP contribution in [0.2, 0.25) is 5.02 Å². The summed E-state index contributed by atoms with van der Waals surface area (Å²) in [7, 11) is 0. The number of hydrogen-bond donors (Lipinski definition) is 0. The second-order valence-electron chi connectivity index (χ2n) is 5.11. The number of nitrogens with zero attached hydrogens (tertiary/aromatic N) is 1. The zero-order chi connectivity index (χ0) is 16.4. The number of amides is 1. The Morgan fingerprint density at radius 3 is 2.45 bits per heavy atom. The van der Waals surface area contributed by atoms with Crippen molar-refractivity contribution in [2.24, 2.45) is 5.92 Å². The molecule has 2 rings (SSSR count). The molecule has 22 heavy (non-hydrogen) atoms. The highest BCUT2D eigenvalue weighted by atomic mass is 35.5. The summed E-state index contributed by atoms with van der Waals surface area (Å²) in [5.41, 5.74) is 0.791.